The van der Waals surface area contributed by atoms with Crippen molar-refractivity contribution < 1.29 is 9.72 Å². The Bertz CT molecular complexity index is 952. The summed E-state index contributed by atoms with van der Waals surface area (Å²) in [6, 6.07) is 12.3. The molecule has 2 aromatic carbocycles. The van der Waals surface area contributed by atoms with Gasteiger partial charge in [0.05, 0.1) is 15.6 Å². The number of hydrogen-bond acceptors (Lipinski definition) is 5. The fourth-order valence-corrected chi connectivity index (χ4v) is 4.87. The molecule has 7 nitrogen and oxygen atoms in total. The van der Waals surface area contributed by atoms with Crippen LogP contribution in [0.15, 0.2) is 42.5 Å². The molecule has 170 valence electrons. The first-order valence-electron chi connectivity index (χ1n) is 11.3. The summed E-state index contributed by atoms with van der Waals surface area (Å²) >= 11 is 6.44. The first-order chi connectivity index (χ1) is 15.5. The third-order valence-electron chi connectivity index (χ3n) is 6.50. The SMILES string of the molecule is O=C(c1ccc(NCc2ccc([N+](=O)[O-])cc2)c(Cl)c1)N1CCC(N2CCCCC2)CC1. The number of nitrogens with one attached hydrogen (secondary N) is 1. The number of carbonyl (C=O) groups excluding carboxylic acids is 1. The van der Waals surface area contributed by atoms with Gasteiger partial charge in [0.1, 0.15) is 0 Å². The molecule has 0 unspecified atom stereocenters. The van der Waals surface area contributed by atoms with E-state index in [1.54, 1.807) is 18.2 Å². The van der Waals surface area contributed by atoms with Crippen molar-refractivity contribution >= 4 is 28.9 Å². The van der Waals surface area contributed by atoms with E-state index in [1.165, 1.54) is 44.5 Å². The Morgan fingerprint density at radius 2 is 1.72 bits per heavy atom. The zero-order valence-corrected chi connectivity index (χ0v) is 18.9. The van der Waals surface area contributed by atoms with Gasteiger partial charge in [-0.15, -0.1) is 0 Å². The van der Waals surface area contributed by atoms with Crippen LogP contribution in [0, 0.1) is 10.1 Å². The highest BCUT2D eigenvalue weighted by molar-refractivity contribution is 6.33. The Labute approximate surface area is 193 Å². The summed E-state index contributed by atoms with van der Waals surface area (Å²) in [7, 11) is 0. The maximum Gasteiger partial charge on any atom is 0.269 e. The van der Waals surface area contributed by atoms with Crippen LogP contribution in [-0.4, -0.2) is 52.9 Å². The average molecular weight is 457 g/mol. The minimum absolute atomic E-state index is 0.0333. The quantitative estimate of drug-likeness (QED) is 0.491. The van der Waals surface area contributed by atoms with E-state index in [0.29, 0.717) is 23.2 Å². The molecule has 0 spiro atoms. The van der Waals surface area contributed by atoms with Gasteiger partial charge in [0.2, 0.25) is 0 Å². The summed E-state index contributed by atoms with van der Waals surface area (Å²) in [5.41, 5.74) is 2.30. The number of nitro benzene ring substituents is 1. The molecule has 2 aromatic rings. The minimum atomic E-state index is -0.417. The number of likely N-dealkylation sites (tertiary alicyclic amines) is 2. The first kappa shape index (κ1) is 22.6. The number of nitro groups is 1. The molecule has 32 heavy (non-hydrogen) atoms. The molecule has 0 aliphatic carbocycles. The number of anilines is 1. The van der Waals surface area contributed by atoms with E-state index in [2.05, 4.69) is 10.2 Å². The maximum absolute atomic E-state index is 13.0. The first-order valence-corrected chi connectivity index (χ1v) is 11.7. The molecule has 2 fully saturated rings. The van der Waals surface area contributed by atoms with Crippen molar-refractivity contribution in [3.05, 3.63) is 68.7 Å². The Hall–Kier alpha value is -2.64. The van der Waals surface area contributed by atoms with Gasteiger partial charge in [-0.1, -0.05) is 30.2 Å². The van der Waals surface area contributed by atoms with Crippen molar-refractivity contribution in [2.75, 3.05) is 31.5 Å². The summed E-state index contributed by atoms with van der Waals surface area (Å²) < 4.78 is 0. The van der Waals surface area contributed by atoms with E-state index < -0.39 is 4.92 Å². The molecule has 2 aliphatic rings. The lowest BCUT2D eigenvalue weighted by molar-refractivity contribution is -0.384. The van der Waals surface area contributed by atoms with E-state index in [9.17, 15) is 14.9 Å². The fraction of sp³-hybridized carbons (Fsp3) is 0.458. The van der Waals surface area contributed by atoms with E-state index in [0.717, 1.165) is 37.2 Å². The molecule has 4 rings (SSSR count). The van der Waals surface area contributed by atoms with Crippen molar-refractivity contribution in [3.8, 4) is 0 Å². The van der Waals surface area contributed by atoms with Crippen molar-refractivity contribution in [2.24, 2.45) is 0 Å². The molecule has 1 N–H and O–H groups in total. The van der Waals surface area contributed by atoms with Crippen molar-refractivity contribution in [1.29, 1.82) is 0 Å². The van der Waals surface area contributed by atoms with E-state index in [-0.39, 0.29) is 11.6 Å². The Morgan fingerprint density at radius 1 is 1.03 bits per heavy atom. The summed E-state index contributed by atoms with van der Waals surface area (Å²) in [5.74, 6) is 0.0333. The number of benzene rings is 2. The number of halogens is 1. The predicted octanol–water partition coefficient (Wildman–Crippen LogP) is 4.95. The molecule has 0 bridgehead atoms. The van der Waals surface area contributed by atoms with Gasteiger partial charge in [-0.2, -0.15) is 0 Å². The highest BCUT2D eigenvalue weighted by Gasteiger charge is 2.28. The normalized spacial score (nSPS) is 17.8. The second-order valence-corrected chi connectivity index (χ2v) is 9.00. The molecular weight excluding hydrogens is 428 g/mol. The van der Waals surface area contributed by atoms with Gasteiger partial charge in [0.25, 0.3) is 11.6 Å². The number of hydrogen-bond donors (Lipinski definition) is 1. The van der Waals surface area contributed by atoms with Crippen LogP contribution in [-0.2, 0) is 6.54 Å². The standard InChI is InChI=1S/C24H29ClN4O3/c25-22-16-19(6-9-23(22)26-17-18-4-7-21(8-5-18)29(31)32)24(30)28-14-10-20(11-15-28)27-12-2-1-3-13-27/h4-9,16,20,26H,1-3,10-15,17H2. The molecule has 0 aromatic heterocycles. The highest BCUT2D eigenvalue weighted by atomic mass is 35.5. The summed E-state index contributed by atoms with van der Waals surface area (Å²) in [6.07, 6.45) is 6.00. The van der Waals surface area contributed by atoms with E-state index in [4.69, 9.17) is 11.6 Å². The molecule has 0 radical (unpaired) electrons. The van der Waals surface area contributed by atoms with Crippen molar-refractivity contribution in [3.63, 3.8) is 0 Å². The van der Waals surface area contributed by atoms with Gasteiger partial charge >= 0.3 is 0 Å². The molecule has 2 saturated heterocycles. The lowest BCUT2D eigenvalue weighted by Crippen LogP contribution is -2.48. The van der Waals surface area contributed by atoms with Gasteiger partial charge in [-0.05, 0) is 62.5 Å². The number of rotatable bonds is 6. The van der Waals surface area contributed by atoms with Gasteiger partial charge in [0, 0.05) is 43.4 Å². The Morgan fingerprint density at radius 3 is 2.34 bits per heavy atom. The third-order valence-corrected chi connectivity index (χ3v) is 6.82. The molecule has 2 heterocycles. The number of carbonyl (C=O) groups is 1. The summed E-state index contributed by atoms with van der Waals surface area (Å²) in [6.45, 7) is 4.45. The number of non-ortho nitro benzene ring substituents is 1. The molecule has 2 aliphatic heterocycles. The zero-order valence-electron chi connectivity index (χ0n) is 18.1. The van der Waals surface area contributed by atoms with Crippen LogP contribution in [0.3, 0.4) is 0 Å². The minimum Gasteiger partial charge on any atom is -0.380 e. The zero-order chi connectivity index (χ0) is 22.5. The highest BCUT2D eigenvalue weighted by Crippen LogP contribution is 2.26. The number of nitrogens with zero attached hydrogens (tertiary/aromatic N) is 3. The van der Waals surface area contributed by atoms with Crippen LogP contribution in [0.5, 0.6) is 0 Å². The molecule has 8 heteroatoms. The summed E-state index contributed by atoms with van der Waals surface area (Å²) in [5, 5.41) is 14.5. The number of amides is 1. The smallest absolute Gasteiger partial charge is 0.269 e. The molecule has 0 saturated carbocycles. The van der Waals surface area contributed by atoms with Crippen LogP contribution in [0.25, 0.3) is 0 Å². The van der Waals surface area contributed by atoms with Crippen molar-refractivity contribution in [1.82, 2.24) is 9.80 Å². The molecular formula is C24H29ClN4O3. The lowest BCUT2D eigenvalue weighted by Gasteiger charge is -2.40. The van der Waals surface area contributed by atoms with Crippen molar-refractivity contribution in [2.45, 2.75) is 44.7 Å². The second kappa shape index (κ2) is 10.3. The predicted molar refractivity (Wildman–Crippen MR) is 126 cm³/mol. The van der Waals surface area contributed by atoms with E-state index >= 15 is 0 Å². The van der Waals surface area contributed by atoms with Crippen LogP contribution < -0.4 is 5.32 Å². The Kier molecular flexibility index (Phi) is 7.27. The lowest BCUT2D eigenvalue weighted by atomic mass is 9.99. The monoisotopic (exact) mass is 456 g/mol. The fourth-order valence-electron chi connectivity index (χ4n) is 4.62. The second-order valence-electron chi connectivity index (χ2n) is 8.59. The van der Waals surface area contributed by atoms with Crippen LogP contribution in [0.2, 0.25) is 5.02 Å². The average Bonchev–Trinajstić information content (AvgIpc) is 2.83. The largest absolute Gasteiger partial charge is 0.380 e. The van der Waals surface area contributed by atoms with Crippen LogP contribution in [0.1, 0.15) is 48.0 Å². The van der Waals surface area contributed by atoms with Gasteiger partial charge in [-0.3, -0.25) is 14.9 Å². The molecule has 1 amide bonds. The summed E-state index contributed by atoms with van der Waals surface area (Å²) in [4.78, 5) is 27.9. The maximum atomic E-state index is 13.0. The van der Waals surface area contributed by atoms with Gasteiger partial charge < -0.3 is 15.1 Å². The van der Waals surface area contributed by atoms with E-state index in [1.807, 2.05) is 17.0 Å². The molecule has 0 atom stereocenters. The number of piperidine rings is 2. The van der Waals surface area contributed by atoms with Crippen LogP contribution in [0.4, 0.5) is 11.4 Å². The van der Waals surface area contributed by atoms with Gasteiger partial charge in [-0.25, -0.2) is 0 Å². The van der Waals surface area contributed by atoms with Crippen LogP contribution >= 0.6 is 11.6 Å². The topological polar surface area (TPSA) is 78.7 Å². The Balaban J connectivity index is 1.31. The third kappa shape index (κ3) is 5.40. The van der Waals surface area contributed by atoms with Gasteiger partial charge in [0.15, 0.2) is 0 Å².